The first kappa shape index (κ1) is 15.7. The molecule has 0 atom stereocenters. The number of amides is 1. The fraction of sp³-hybridized carbons (Fsp3) is 0.133. The molecule has 1 amide bonds. The molecule has 0 bridgehead atoms. The Kier molecular flexibility index (Phi) is 5.47. The van der Waals surface area contributed by atoms with Gasteiger partial charge in [-0.05, 0) is 57.9 Å². The van der Waals surface area contributed by atoms with E-state index in [9.17, 15) is 4.79 Å². The van der Waals surface area contributed by atoms with Crippen molar-refractivity contribution in [3.05, 3.63) is 57.5 Å². The number of hydrogen-bond donors (Lipinski definition) is 2. The van der Waals surface area contributed by atoms with Crippen LogP contribution in [0.2, 0.25) is 5.02 Å². The SMILES string of the molecule is NC(=O)COc1ccc(CNc2ccc(Cl)cc2)cc1Br. The molecule has 0 spiro atoms. The van der Waals surface area contributed by atoms with Crippen molar-refractivity contribution in [1.82, 2.24) is 0 Å². The molecule has 3 N–H and O–H groups in total. The number of hydrogen-bond acceptors (Lipinski definition) is 3. The molecule has 0 aliphatic rings. The van der Waals surface area contributed by atoms with Crippen LogP contribution in [0.5, 0.6) is 5.75 Å². The molecule has 0 fully saturated rings. The molecule has 0 aliphatic carbocycles. The Labute approximate surface area is 136 Å². The van der Waals surface area contributed by atoms with Crippen molar-refractivity contribution < 1.29 is 9.53 Å². The Balaban J connectivity index is 1.96. The Morgan fingerprint density at radius 3 is 2.57 bits per heavy atom. The van der Waals surface area contributed by atoms with E-state index >= 15 is 0 Å². The minimum Gasteiger partial charge on any atom is -0.483 e. The van der Waals surface area contributed by atoms with Crippen molar-refractivity contribution in [1.29, 1.82) is 0 Å². The van der Waals surface area contributed by atoms with Gasteiger partial charge < -0.3 is 15.8 Å². The number of benzene rings is 2. The van der Waals surface area contributed by atoms with Crippen LogP contribution >= 0.6 is 27.5 Å². The van der Waals surface area contributed by atoms with Gasteiger partial charge in [-0.1, -0.05) is 17.7 Å². The molecule has 2 aromatic carbocycles. The standard InChI is InChI=1S/C15H14BrClN2O2/c16-13-7-10(1-6-14(13)21-9-15(18)20)8-19-12-4-2-11(17)3-5-12/h1-7,19H,8-9H2,(H2,18,20). The summed E-state index contributed by atoms with van der Waals surface area (Å²) in [5.41, 5.74) is 7.11. The van der Waals surface area contributed by atoms with Crippen LogP contribution in [0.15, 0.2) is 46.9 Å². The largest absolute Gasteiger partial charge is 0.483 e. The Morgan fingerprint density at radius 1 is 1.24 bits per heavy atom. The van der Waals surface area contributed by atoms with E-state index in [4.69, 9.17) is 22.1 Å². The number of primary amides is 1. The summed E-state index contributed by atoms with van der Waals surface area (Å²) < 4.78 is 6.05. The molecule has 6 heteroatoms. The normalized spacial score (nSPS) is 10.2. The minimum absolute atomic E-state index is 0.138. The summed E-state index contributed by atoms with van der Waals surface area (Å²) in [5, 5.41) is 4.00. The van der Waals surface area contributed by atoms with E-state index in [1.165, 1.54) is 0 Å². The van der Waals surface area contributed by atoms with Gasteiger partial charge in [-0.15, -0.1) is 0 Å². The zero-order valence-corrected chi connectivity index (χ0v) is 13.4. The Bertz CT molecular complexity index is 632. The average molecular weight is 370 g/mol. The highest BCUT2D eigenvalue weighted by atomic mass is 79.9. The number of nitrogens with one attached hydrogen (secondary N) is 1. The van der Waals surface area contributed by atoms with Gasteiger partial charge in [-0.25, -0.2) is 0 Å². The number of ether oxygens (including phenoxy) is 1. The predicted octanol–water partition coefficient (Wildman–Crippen LogP) is 3.58. The van der Waals surface area contributed by atoms with Gasteiger partial charge in [0, 0.05) is 17.3 Å². The van der Waals surface area contributed by atoms with E-state index < -0.39 is 5.91 Å². The lowest BCUT2D eigenvalue weighted by molar-refractivity contribution is -0.119. The topological polar surface area (TPSA) is 64.4 Å². The zero-order valence-electron chi connectivity index (χ0n) is 11.1. The number of anilines is 1. The van der Waals surface area contributed by atoms with Crippen LogP contribution in [-0.4, -0.2) is 12.5 Å². The molecule has 2 rings (SSSR count). The predicted molar refractivity (Wildman–Crippen MR) is 87.6 cm³/mol. The van der Waals surface area contributed by atoms with Crippen LogP contribution in [0.3, 0.4) is 0 Å². The van der Waals surface area contributed by atoms with Crippen molar-refractivity contribution in [2.75, 3.05) is 11.9 Å². The zero-order chi connectivity index (χ0) is 15.2. The van der Waals surface area contributed by atoms with Gasteiger partial charge in [0.05, 0.1) is 4.47 Å². The molecule has 21 heavy (non-hydrogen) atoms. The van der Waals surface area contributed by atoms with Crippen molar-refractivity contribution in [3.8, 4) is 5.75 Å². The van der Waals surface area contributed by atoms with Crippen LogP contribution < -0.4 is 15.8 Å². The second-order valence-corrected chi connectivity index (χ2v) is 5.67. The molecule has 2 aromatic rings. The monoisotopic (exact) mass is 368 g/mol. The Hall–Kier alpha value is -1.72. The van der Waals surface area contributed by atoms with Crippen LogP contribution in [0.1, 0.15) is 5.56 Å². The molecule has 4 nitrogen and oxygen atoms in total. The fourth-order valence-electron chi connectivity index (χ4n) is 1.69. The van der Waals surface area contributed by atoms with Gasteiger partial charge in [0.15, 0.2) is 6.61 Å². The summed E-state index contributed by atoms with van der Waals surface area (Å²) >= 11 is 9.25. The molecular formula is C15H14BrClN2O2. The highest BCUT2D eigenvalue weighted by Crippen LogP contribution is 2.26. The van der Waals surface area contributed by atoms with Crippen molar-refractivity contribution >= 4 is 39.1 Å². The van der Waals surface area contributed by atoms with E-state index in [-0.39, 0.29) is 6.61 Å². The molecule has 0 unspecified atom stereocenters. The van der Waals surface area contributed by atoms with E-state index in [0.717, 1.165) is 15.7 Å². The van der Waals surface area contributed by atoms with Gasteiger partial charge in [0.1, 0.15) is 5.75 Å². The van der Waals surface area contributed by atoms with Crippen LogP contribution in [0.25, 0.3) is 0 Å². The molecule has 0 aromatic heterocycles. The lowest BCUT2D eigenvalue weighted by atomic mass is 10.2. The maximum Gasteiger partial charge on any atom is 0.255 e. The van der Waals surface area contributed by atoms with Crippen molar-refractivity contribution in [3.63, 3.8) is 0 Å². The van der Waals surface area contributed by atoms with E-state index in [2.05, 4.69) is 21.2 Å². The molecule has 0 aliphatic heterocycles. The third-order valence-electron chi connectivity index (χ3n) is 2.71. The van der Waals surface area contributed by atoms with Gasteiger partial charge in [-0.2, -0.15) is 0 Å². The second-order valence-electron chi connectivity index (χ2n) is 4.38. The van der Waals surface area contributed by atoms with Gasteiger partial charge in [0.2, 0.25) is 0 Å². The number of carbonyl (C=O) groups excluding carboxylic acids is 1. The number of nitrogens with two attached hydrogens (primary N) is 1. The minimum atomic E-state index is -0.504. The lowest BCUT2D eigenvalue weighted by Gasteiger charge is -2.10. The number of halogens is 2. The molecule has 110 valence electrons. The van der Waals surface area contributed by atoms with Crippen LogP contribution in [0, 0.1) is 0 Å². The van der Waals surface area contributed by atoms with E-state index in [1.807, 2.05) is 36.4 Å². The van der Waals surface area contributed by atoms with E-state index in [1.54, 1.807) is 6.07 Å². The summed E-state index contributed by atoms with van der Waals surface area (Å²) in [7, 11) is 0. The first-order valence-electron chi connectivity index (χ1n) is 6.23. The van der Waals surface area contributed by atoms with Crippen molar-refractivity contribution in [2.24, 2.45) is 5.73 Å². The molecule has 0 saturated heterocycles. The van der Waals surface area contributed by atoms with Gasteiger partial charge in [0.25, 0.3) is 5.91 Å². The third-order valence-corrected chi connectivity index (χ3v) is 3.58. The summed E-state index contributed by atoms with van der Waals surface area (Å²) in [6.07, 6.45) is 0. The summed E-state index contributed by atoms with van der Waals surface area (Å²) in [6, 6.07) is 13.2. The average Bonchev–Trinajstić information content (AvgIpc) is 2.45. The molecule has 0 saturated carbocycles. The van der Waals surface area contributed by atoms with Crippen LogP contribution in [-0.2, 0) is 11.3 Å². The van der Waals surface area contributed by atoms with Gasteiger partial charge in [-0.3, -0.25) is 4.79 Å². The van der Waals surface area contributed by atoms with E-state index in [0.29, 0.717) is 17.3 Å². The number of carbonyl (C=O) groups is 1. The highest BCUT2D eigenvalue weighted by Gasteiger charge is 2.04. The summed E-state index contributed by atoms with van der Waals surface area (Å²) in [4.78, 5) is 10.7. The maximum absolute atomic E-state index is 10.7. The Morgan fingerprint density at radius 2 is 1.95 bits per heavy atom. The second kappa shape index (κ2) is 7.33. The lowest BCUT2D eigenvalue weighted by Crippen LogP contribution is -2.20. The van der Waals surface area contributed by atoms with Gasteiger partial charge >= 0.3 is 0 Å². The third kappa shape index (κ3) is 4.95. The fourth-order valence-corrected chi connectivity index (χ4v) is 2.36. The van der Waals surface area contributed by atoms with Crippen molar-refractivity contribution in [2.45, 2.75) is 6.54 Å². The summed E-state index contributed by atoms with van der Waals surface area (Å²) in [5.74, 6) is 0.0828. The van der Waals surface area contributed by atoms with Crippen LogP contribution in [0.4, 0.5) is 5.69 Å². The molecule has 0 heterocycles. The quantitative estimate of drug-likeness (QED) is 0.818. The molecular weight excluding hydrogens is 356 g/mol. The maximum atomic E-state index is 10.7. The first-order chi connectivity index (χ1) is 10.0. The smallest absolute Gasteiger partial charge is 0.255 e. The summed E-state index contributed by atoms with van der Waals surface area (Å²) in [6.45, 7) is 0.525. The first-order valence-corrected chi connectivity index (χ1v) is 7.40. The highest BCUT2D eigenvalue weighted by molar-refractivity contribution is 9.10. The number of rotatable bonds is 6. The molecule has 0 radical (unpaired) electrons.